The molecule has 0 amide bonds. The number of hydrazine groups is 1. The summed E-state index contributed by atoms with van der Waals surface area (Å²) in [6.45, 7) is 4.42. The molecule has 2 heteroatoms. The van der Waals surface area contributed by atoms with Crippen molar-refractivity contribution in [1.82, 2.24) is 5.43 Å². The van der Waals surface area contributed by atoms with Gasteiger partial charge >= 0.3 is 0 Å². The van der Waals surface area contributed by atoms with Crippen LogP contribution in [-0.4, -0.2) is 0 Å². The molecule has 2 nitrogen and oxygen atoms in total. The molecule has 1 unspecified atom stereocenters. The van der Waals surface area contributed by atoms with E-state index in [0.29, 0.717) is 5.92 Å². The van der Waals surface area contributed by atoms with Gasteiger partial charge in [-0.2, -0.15) is 0 Å². The number of rotatable bonds is 4. The van der Waals surface area contributed by atoms with Crippen molar-refractivity contribution in [3.05, 3.63) is 35.4 Å². The molecule has 1 aromatic rings. The molecule has 16 heavy (non-hydrogen) atoms. The van der Waals surface area contributed by atoms with Gasteiger partial charge < -0.3 is 0 Å². The zero-order chi connectivity index (χ0) is 11.5. The van der Waals surface area contributed by atoms with Gasteiger partial charge in [0.25, 0.3) is 0 Å². The Morgan fingerprint density at radius 2 is 1.94 bits per heavy atom. The maximum absolute atomic E-state index is 5.68. The van der Waals surface area contributed by atoms with E-state index in [4.69, 9.17) is 5.84 Å². The first kappa shape index (κ1) is 11.6. The monoisotopic (exact) mass is 218 g/mol. The first-order valence-electron chi connectivity index (χ1n) is 6.29. The highest BCUT2D eigenvalue weighted by atomic mass is 15.2. The van der Waals surface area contributed by atoms with E-state index >= 15 is 0 Å². The van der Waals surface area contributed by atoms with Crippen LogP contribution in [-0.2, 0) is 0 Å². The molecule has 0 spiro atoms. The van der Waals surface area contributed by atoms with E-state index in [1.807, 2.05) is 0 Å². The van der Waals surface area contributed by atoms with Crippen LogP contribution in [0.25, 0.3) is 0 Å². The summed E-state index contributed by atoms with van der Waals surface area (Å²) in [6, 6.07) is 9.02. The molecule has 1 fully saturated rings. The Bertz CT molecular complexity index is 342. The summed E-state index contributed by atoms with van der Waals surface area (Å²) in [7, 11) is 0. The normalized spacial score (nSPS) is 18.5. The fraction of sp³-hybridized carbons (Fsp3) is 0.571. The van der Waals surface area contributed by atoms with Gasteiger partial charge in [-0.25, -0.2) is 0 Å². The third-order valence-corrected chi connectivity index (χ3v) is 3.72. The minimum atomic E-state index is 0.275. The van der Waals surface area contributed by atoms with E-state index in [0.717, 1.165) is 5.92 Å². The van der Waals surface area contributed by atoms with Gasteiger partial charge in [-0.1, -0.05) is 44.5 Å². The summed E-state index contributed by atoms with van der Waals surface area (Å²) >= 11 is 0. The highest BCUT2D eigenvalue weighted by molar-refractivity contribution is 5.34. The van der Waals surface area contributed by atoms with Crippen LogP contribution < -0.4 is 11.3 Å². The largest absolute Gasteiger partial charge is 0.271 e. The molecule has 0 bridgehead atoms. The highest BCUT2D eigenvalue weighted by Gasteiger charge is 2.25. The van der Waals surface area contributed by atoms with Crippen molar-refractivity contribution in [2.45, 2.75) is 45.1 Å². The maximum atomic E-state index is 5.68. The average molecular weight is 218 g/mol. The number of hydrogen-bond acceptors (Lipinski definition) is 2. The van der Waals surface area contributed by atoms with E-state index < -0.39 is 0 Å². The molecule has 1 aromatic carbocycles. The minimum Gasteiger partial charge on any atom is -0.271 e. The molecule has 1 aliphatic carbocycles. The summed E-state index contributed by atoms with van der Waals surface area (Å²) in [6.07, 6.45) is 4.06. The lowest BCUT2D eigenvalue weighted by atomic mass is 9.76. The van der Waals surface area contributed by atoms with E-state index in [2.05, 4.69) is 43.5 Å². The average Bonchev–Trinajstić information content (AvgIpc) is 2.18. The standard InChI is InChI=1S/C14H22N2/c1-10(2)14(16-15)13-9-4-3-8-12(13)11-6-5-7-11/h3-4,8-11,14,16H,5-7,15H2,1-2H3. The van der Waals surface area contributed by atoms with Crippen molar-refractivity contribution in [3.8, 4) is 0 Å². The van der Waals surface area contributed by atoms with Gasteiger partial charge in [0.1, 0.15) is 0 Å². The van der Waals surface area contributed by atoms with Gasteiger partial charge in [-0.05, 0) is 35.8 Å². The Morgan fingerprint density at radius 3 is 2.44 bits per heavy atom. The van der Waals surface area contributed by atoms with Crippen LogP contribution in [0.5, 0.6) is 0 Å². The van der Waals surface area contributed by atoms with E-state index in [9.17, 15) is 0 Å². The summed E-state index contributed by atoms with van der Waals surface area (Å²) in [5, 5.41) is 0. The van der Waals surface area contributed by atoms with E-state index in [1.54, 1.807) is 0 Å². The molecule has 3 N–H and O–H groups in total. The fourth-order valence-electron chi connectivity index (χ4n) is 2.53. The third-order valence-electron chi connectivity index (χ3n) is 3.72. The van der Waals surface area contributed by atoms with Crippen molar-refractivity contribution in [3.63, 3.8) is 0 Å². The summed E-state index contributed by atoms with van der Waals surface area (Å²) in [5.41, 5.74) is 5.86. The zero-order valence-electron chi connectivity index (χ0n) is 10.2. The molecule has 0 aliphatic heterocycles. The van der Waals surface area contributed by atoms with Crippen molar-refractivity contribution in [2.24, 2.45) is 11.8 Å². The lowest BCUT2D eigenvalue weighted by Gasteiger charge is -2.31. The fourth-order valence-corrected chi connectivity index (χ4v) is 2.53. The molecule has 1 saturated carbocycles. The van der Waals surface area contributed by atoms with Crippen LogP contribution in [0.1, 0.15) is 56.2 Å². The summed E-state index contributed by atoms with van der Waals surface area (Å²) in [5.74, 6) is 6.97. The van der Waals surface area contributed by atoms with Crippen LogP contribution >= 0.6 is 0 Å². The molecular weight excluding hydrogens is 196 g/mol. The van der Waals surface area contributed by atoms with Crippen molar-refractivity contribution in [2.75, 3.05) is 0 Å². The Balaban J connectivity index is 2.30. The molecule has 0 saturated heterocycles. The van der Waals surface area contributed by atoms with Crippen LogP contribution in [0, 0.1) is 5.92 Å². The Labute approximate surface area is 98.2 Å². The number of benzene rings is 1. The van der Waals surface area contributed by atoms with Gasteiger partial charge in [0.05, 0.1) is 0 Å². The van der Waals surface area contributed by atoms with Gasteiger partial charge in [-0.3, -0.25) is 11.3 Å². The smallest absolute Gasteiger partial charge is 0.0485 e. The highest BCUT2D eigenvalue weighted by Crippen LogP contribution is 2.40. The number of nitrogens with two attached hydrogens (primary N) is 1. The molecule has 0 aromatic heterocycles. The van der Waals surface area contributed by atoms with Gasteiger partial charge in [0, 0.05) is 6.04 Å². The van der Waals surface area contributed by atoms with Gasteiger partial charge in [0.2, 0.25) is 0 Å². The quantitative estimate of drug-likeness (QED) is 0.602. The van der Waals surface area contributed by atoms with Crippen LogP contribution in [0.15, 0.2) is 24.3 Å². The van der Waals surface area contributed by atoms with Crippen LogP contribution in [0.3, 0.4) is 0 Å². The van der Waals surface area contributed by atoms with Crippen molar-refractivity contribution in [1.29, 1.82) is 0 Å². The molecule has 88 valence electrons. The van der Waals surface area contributed by atoms with E-state index in [1.165, 1.54) is 30.4 Å². The first-order valence-corrected chi connectivity index (χ1v) is 6.29. The zero-order valence-corrected chi connectivity index (χ0v) is 10.2. The molecule has 0 heterocycles. The maximum Gasteiger partial charge on any atom is 0.0485 e. The summed E-state index contributed by atoms with van der Waals surface area (Å²) < 4.78 is 0. The lowest BCUT2D eigenvalue weighted by molar-refractivity contribution is 0.388. The molecular formula is C14H22N2. The predicted molar refractivity (Wildman–Crippen MR) is 67.9 cm³/mol. The Hall–Kier alpha value is -0.860. The Kier molecular flexibility index (Phi) is 3.62. The molecule has 0 radical (unpaired) electrons. The predicted octanol–water partition coefficient (Wildman–Crippen LogP) is 3.11. The number of nitrogens with one attached hydrogen (secondary N) is 1. The molecule has 1 atom stereocenters. The topological polar surface area (TPSA) is 38.0 Å². The SMILES string of the molecule is CC(C)C(NN)c1ccccc1C1CCC1. The van der Waals surface area contributed by atoms with Crippen LogP contribution in [0.4, 0.5) is 0 Å². The van der Waals surface area contributed by atoms with Crippen molar-refractivity contribution >= 4 is 0 Å². The number of hydrogen-bond donors (Lipinski definition) is 2. The van der Waals surface area contributed by atoms with Gasteiger partial charge in [-0.15, -0.1) is 0 Å². The molecule has 2 rings (SSSR count). The summed E-state index contributed by atoms with van der Waals surface area (Å²) in [4.78, 5) is 0. The first-order chi connectivity index (χ1) is 7.74. The Morgan fingerprint density at radius 1 is 1.25 bits per heavy atom. The van der Waals surface area contributed by atoms with Crippen molar-refractivity contribution < 1.29 is 0 Å². The molecule has 1 aliphatic rings. The van der Waals surface area contributed by atoms with Gasteiger partial charge in [0.15, 0.2) is 0 Å². The van der Waals surface area contributed by atoms with Crippen LogP contribution in [0.2, 0.25) is 0 Å². The second kappa shape index (κ2) is 4.98. The lowest BCUT2D eigenvalue weighted by Crippen LogP contribution is -2.32. The van der Waals surface area contributed by atoms with E-state index in [-0.39, 0.29) is 6.04 Å². The second-order valence-corrected chi connectivity index (χ2v) is 5.15. The third kappa shape index (κ3) is 2.13. The minimum absolute atomic E-state index is 0.275. The second-order valence-electron chi connectivity index (χ2n) is 5.15.